The van der Waals surface area contributed by atoms with E-state index < -0.39 is 5.97 Å². The first-order chi connectivity index (χ1) is 9.70. The Bertz CT molecular complexity index is 216. The summed E-state index contributed by atoms with van der Waals surface area (Å²) in [4.78, 5) is 10.5. The highest BCUT2D eigenvalue weighted by Gasteiger charge is 2.10. The van der Waals surface area contributed by atoms with Gasteiger partial charge in [0.25, 0.3) is 0 Å². The van der Waals surface area contributed by atoms with Crippen molar-refractivity contribution >= 4 is 5.97 Å². The molecular weight excluding hydrogens is 252 g/mol. The molecule has 0 aromatic rings. The van der Waals surface area contributed by atoms with E-state index in [9.17, 15) is 4.79 Å². The fourth-order valence-corrected chi connectivity index (χ4v) is 2.52. The van der Waals surface area contributed by atoms with Crippen LogP contribution in [-0.4, -0.2) is 24.3 Å². The smallest absolute Gasteiger partial charge is 0.329 e. The van der Waals surface area contributed by atoms with Gasteiger partial charge in [0.2, 0.25) is 0 Å². The number of aliphatic carboxylic acids is 1. The molecule has 0 radical (unpaired) electrons. The van der Waals surface area contributed by atoms with Gasteiger partial charge in [-0.25, -0.2) is 4.79 Å². The zero-order valence-corrected chi connectivity index (χ0v) is 13.5. The number of ether oxygens (including phenoxy) is 1. The van der Waals surface area contributed by atoms with Crippen molar-refractivity contribution < 1.29 is 14.6 Å². The van der Waals surface area contributed by atoms with Gasteiger partial charge in [0.15, 0.2) is 0 Å². The third-order valence-electron chi connectivity index (χ3n) is 3.76. The minimum Gasteiger partial charge on any atom is -0.480 e. The van der Waals surface area contributed by atoms with Crippen molar-refractivity contribution in [1.82, 2.24) is 0 Å². The molecule has 1 N–H and O–H groups in total. The summed E-state index contributed by atoms with van der Waals surface area (Å²) in [5.74, 6) is -0.314. The Morgan fingerprint density at radius 2 is 1.40 bits per heavy atom. The molecule has 0 heterocycles. The van der Waals surface area contributed by atoms with Crippen molar-refractivity contribution in [3.8, 4) is 0 Å². The second-order valence-corrected chi connectivity index (χ2v) is 5.83. The maximum Gasteiger partial charge on any atom is 0.329 e. The van der Waals surface area contributed by atoms with E-state index in [0.29, 0.717) is 12.5 Å². The van der Waals surface area contributed by atoms with Crippen LogP contribution in [0.25, 0.3) is 0 Å². The summed E-state index contributed by atoms with van der Waals surface area (Å²) in [6.45, 7) is 4.92. The lowest BCUT2D eigenvalue weighted by Gasteiger charge is -2.16. The van der Waals surface area contributed by atoms with E-state index in [1.165, 1.54) is 70.6 Å². The molecule has 0 aliphatic rings. The first-order valence-electron chi connectivity index (χ1n) is 8.50. The van der Waals surface area contributed by atoms with Gasteiger partial charge in [0, 0.05) is 0 Å². The molecule has 0 rings (SSSR count). The van der Waals surface area contributed by atoms with Gasteiger partial charge in [-0.15, -0.1) is 0 Å². The predicted octanol–water partition coefficient (Wildman–Crippen LogP) is 5.03. The molecule has 0 bridgehead atoms. The monoisotopic (exact) mass is 286 g/mol. The minimum absolute atomic E-state index is 0.151. The zero-order chi connectivity index (χ0) is 15.1. The molecule has 1 unspecified atom stereocenters. The molecule has 0 aliphatic carbocycles. The first kappa shape index (κ1) is 19.4. The summed E-state index contributed by atoms with van der Waals surface area (Å²) in [5.41, 5.74) is 0. The summed E-state index contributed by atoms with van der Waals surface area (Å²) in [5, 5.41) is 8.62. The zero-order valence-electron chi connectivity index (χ0n) is 13.5. The minimum atomic E-state index is -0.863. The Morgan fingerprint density at radius 1 is 0.900 bits per heavy atom. The lowest BCUT2D eigenvalue weighted by Crippen LogP contribution is -2.15. The van der Waals surface area contributed by atoms with Gasteiger partial charge in [-0.3, -0.25) is 0 Å². The van der Waals surface area contributed by atoms with E-state index in [1.54, 1.807) is 0 Å². The van der Waals surface area contributed by atoms with Crippen molar-refractivity contribution in [2.45, 2.75) is 84.5 Å². The standard InChI is InChI=1S/C17H34O3/c1-3-5-7-9-11-13-16(12-10-8-6-4-2)14-20-15-17(18)19/h16H,3-15H2,1-2H3,(H,18,19). The van der Waals surface area contributed by atoms with Gasteiger partial charge in [-0.1, -0.05) is 71.6 Å². The van der Waals surface area contributed by atoms with E-state index in [2.05, 4.69) is 13.8 Å². The highest BCUT2D eigenvalue weighted by Crippen LogP contribution is 2.19. The lowest BCUT2D eigenvalue weighted by molar-refractivity contribution is -0.142. The van der Waals surface area contributed by atoms with Gasteiger partial charge in [-0.05, 0) is 18.8 Å². The molecule has 0 fully saturated rings. The van der Waals surface area contributed by atoms with Crippen LogP contribution >= 0.6 is 0 Å². The van der Waals surface area contributed by atoms with E-state index in [1.807, 2.05) is 0 Å². The Kier molecular flexibility index (Phi) is 14.4. The second kappa shape index (κ2) is 14.8. The average Bonchev–Trinajstić information content (AvgIpc) is 2.42. The van der Waals surface area contributed by atoms with Crippen LogP contribution in [0.4, 0.5) is 0 Å². The number of hydrogen-bond acceptors (Lipinski definition) is 2. The molecule has 20 heavy (non-hydrogen) atoms. The van der Waals surface area contributed by atoms with Crippen LogP contribution in [0.15, 0.2) is 0 Å². The summed E-state index contributed by atoms with van der Waals surface area (Å²) < 4.78 is 5.29. The van der Waals surface area contributed by atoms with Gasteiger partial charge in [-0.2, -0.15) is 0 Å². The van der Waals surface area contributed by atoms with Gasteiger partial charge < -0.3 is 9.84 Å². The van der Waals surface area contributed by atoms with Crippen LogP contribution in [0.3, 0.4) is 0 Å². The number of hydrogen-bond donors (Lipinski definition) is 1. The quantitative estimate of drug-likeness (QED) is 0.429. The molecule has 0 saturated heterocycles. The van der Waals surface area contributed by atoms with Crippen LogP contribution in [0.5, 0.6) is 0 Å². The molecule has 0 aliphatic heterocycles. The maximum absolute atomic E-state index is 10.5. The third-order valence-corrected chi connectivity index (χ3v) is 3.76. The van der Waals surface area contributed by atoms with Crippen molar-refractivity contribution in [3.05, 3.63) is 0 Å². The van der Waals surface area contributed by atoms with Crippen LogP contribution in [0, 0.1) is 5.92 Å². The normalized spacial score (nSPS) is 12.5. The topological polar surface area (TPSA) is 46.5 Å². The van der Waals surface area contributed by atoms with Crippen molar-refractivity contribution in [3.63, 3.8) is 0 Å². The first-order valence-corrected chi connectivity index (χ1v) is 8.50. The van der Waals surface area contributed by atoms with E-state index >= 15 is 0 Å². The van der Waals surface area contributed by atoms with Crippen LogP contribution in [0.2, 0.25) is 0 Å². The van der Waals surface area contributed by atoms with Crippen LogP contribution in [0.1, 0.15) is 84.5 Å². The molecule has 3 nitrogen and oxygen atoms in total. The Hall–Kier alpha value is -0.570. The molecule has 0 amide bonds. The van der Waals surface area contributed by atoms with E-state index in [0.717, 1.165) is 0 Å². The molecule has 120 valence electrons. The molecule has 0 aromatic heterocycles. The number of carboxylic acid groups (broad SMARTS) is 1. The predicted molar refractivity (Wildman–Crippen MR) is 84.1 cm³/mol. The third kappa shape index (κ3) is 13.9. The van der Waals surface area contributed by atoms with E-state index in [-0.39, 0.29) is 6.61 Å². The van der Waals surface area contributed by atoms with Crippen molar-refractivity contribution in [1.29, 1.82) is 0 Å². The number of carbonyl (C=O) groups is 1. The molecule has 0 saturated carbocycles. The maximum atomic E-state index is 10.5. The van der Waals surface area contributed by atoms with Gasteiger partial charge >= 0.3 is 5.97 Å². The number of carboxylic acids is 1. The fourth-order valence-electron chi connectivity index (χ4n) is 2.52. The van der Waals surface area contributed by atoms with E-state index in [4.69, 9.17) is 9.84 Å². The molecule has 3 heteroatoms. The van der Waals surface area contributed by atoms with Crippen LogP contribution < -0.4 is 0 Å². The fraction of sp³-hybridized carbons (Fsp3) is 0.941. The average molecular weight is 286 g/mol. The lowest BCUT2D eigenvalue weighted by atomic mass is 9.95. The second-order valence-electron chi connectivity index (χ2n) is 5.83. The summed E-state index contributed by atoms with van der Waals surface area (Å²) >= 11 is 0. The molecular formula is C17H34O3. The summed E-state index contributed by atoms with van der Waals surface area (Å²) in [6, 6.07) is 0. The largest absolute Gasteiger partial charge is 0.480 e. The van der Waals surface area contributed by atoms with Crippen molar-refractivity contribution in [2.75, 3.05) is 13.2 Å². The highest BCUT2D eigenvalue weighted by atomic mass is 16.5. The molecule has 0 spiro atoms. The number of rotatable bonds is 15. The Balaban J connectivity index is 3.75. The SMILES string of the molecule is CCCCCCCC(CCCCCC)COCC(=O)O. The summed E-state index contributed by atoms with van der Waals surface area (Å²) in [7, 11) is 0. The molecule has 1 atom stereocenters. The Labute approximate surface area is 125 Å². The Morgan fingerprint density at radius 3 is 1.90 bits per heavy atom. The van der Waals surface area contributed by atoms with Crippen LogP contribution in [-0.2, 0) is 9.53 Å². The number of unbranched alkanes of at least 4 members (excludes halogenated alkanes) is 7. The molecule has 0 aromatic carbocycles. The summed E-state index contributed by atoms with van der Waals surface area (Å²) in [6.07, 6.45) is 14.0. The highest BCUT2D eigenvalue weighted by molar-refractivity contribution is 5.67. The van der Waals surface area contributed by atoms with Crippen molar-refractivity contribution in [2.24, 2.45) is 5.92 Å². The van der Waals surface area contributed by atoms with Gasteiger partial charge in [0.1, 0.15) is 6.61 Å². The van der Waals surface area contributed by atoms with Gasteiger partial charge in [0.05, 0.1) is 6.61 Å².